The Morgan fingerprint density at radius 1 is 1.21 bits per heavy atom. The quantitative estimate of drug-likeness (QED) is 0.560. The summed E-state index contributed by atoms with van der Waals surface area (Å²) in [7, 11) is 1.60. The number of imidazole rings is 1. The van der Waals surface area contributed by atoms with Crippen LogP contribution in [0, 0.1) is 0 Å². The van der Waals surface area contributed by atoms with Gasteiger partial charge in [0.1, 0.15) is 11.6 Å². The van der Waals surface area contributed by atoms with E-state index in [4.69, 9.17) is 10.5 Å². The van der Waals surface area contributed by atoms with Crippen molar-refractivity contribution in [2.45, 2.75) is 6.42 Å². The maximum atomic E-state index is 12.7. The molecule has 4 aromatic rings. The number of aromatic amines is 1. The average molecular weight is 374 g/mol. The molecule has 2 aromatic carbocycles. The highest BCUT2D eigenvalue weighted by Gasteiger charge is 2.13. The van der Waals surface area contributed by atoms with Crippen LogP contribution in [0.2, 0.25) is 0 Å². The molecule has 7 heteroatoms. The molecule has 0 aliphatic heterocycles. The molecule has 3 N–H and O–H groups in total. The molecule has 0 fully saturated rings. The first-order valence-corrected chi connectivity index (χ1v) is 8.67. The molecule has 28 heavy (non-hydrogen) atoms. The van der Waals surface area contributed by atoms with E-state index < -0.39 is 5.91 Å². The molecule has 0 saturated heterocycles. The normalized spacial score (nSPS) is 10.9. The number of nitrogens with one attached hydrogen (secondary N) is 1. The maximum absolute atomic E-state index is 12.7. The van der Waals surface area contributed by atoms with Gasteiger partial charge in [0.25, 0.3) is 5.56 Å². The molecule has 140 valence electrons. The van der Waals surface area contributed by atoms with E-state index in [1.807, 2.05) is 30.3 Å². The summed E-state index contributed by atoms with van der Waals surface area (Å²) < 4.78 is 7.08. The summed E-state index contributed by atoms with van der Waals surface area (Å²) >= 11 is 0. The van der Waals surface area contributed by atoms with Crippen molar-refractivity contribution in [3.8, 4) is 22.8 Å². The predicted molar refractivity (Wildman–Crippen MR) is 107 cm³/mol. The molecule has 4 rings (SSSR count). The standard InChI is InChI=1S/C21H18N4O3/c1-28-16-5-6-18-14(11-16)12-17(21(27)24-18)20-23-7-8-25(20)15-4-2-3-13(9-15)10-19(22)26/h2-9,11-12H,10H2,1H3,(H2,22,26)(H,24,27). The van der Waals surface area contributed by atoms with Crippen LogP contribution in [0.25, 0.3) is 28.0 Å². The topological polar surface area (TPSA) is 103 Å². The van der Waals surface area contributed by atoms with Crippen LogP contribution in [0.5, 0.6) is 5.75 Å². The predicted octanol–water partition coefficient (Wildman–Crippen LogP) is 2.42. The lowest BCUT2D eigenvalue weighted by molar-refractivity contribution is -0.117. The summed E-state index contributed by atoms with van der Waals surface area (Å²) in [5.41, 5.74) is 7.80. The molecule has 0 saturated carbocycles. The SMILES string of the molecule is COc1ccc2[nH]c(=O)c(-c3nccn3-c3cccc(CC(N)=O)c3)cc2c1. The minimum Gasteiger partial charge on any atom is -0.497 e. The Hall–Kier alpha value is -3.87. The van der Waals surface area contributed by atoms with Crippen molar-refractivity contribution in [2.75, 3.05) is 7.11 Å². The molecule has 0 spiro atoms. The van der Waals surface area contributed by atoms with Crippen molar-refractivity contribution in [2.24, 2.45) is 5.73 Å². The minimum atomic E-state index is -0.400. The first-order valence-electron chi connectivity index (χ1n) is 8.67. The van der Waals surface area contributed by atoms with E-state index in [-0.39, 0.29) is 12.0 Å². The molecule has 1 amide bonds. The van der Waals surface area contributed by atoms with E-state index in [0.29, 0.717) is 17.1 Å². The number of nitrogens with two attached hydrogens (primary N) is 1. The van der Waals surface area contributed by atoms with Crippen LogP contribution in [0.3, 0.4) is 0 Å². The van der Waals surface area contributed by atoms with E-state index in [0.717, 1.165) is 22.2 Å². The first kappa shape index (κ1) is 17.5. The molecule has 7 nitrogen and oxygen atoms in total. The second kappa shape index (κ2) is 7.03. The molecule has 0 bridgehead atoms. The number of nitrogens with zero attached hydrogens (tertiary/aromatic N) is 2. The number of aromatic nitrogens is 3. The van der Waals surface area contributed by atoms with Gasteiger partial charge in [0.2, 0.25) is 5.91 Å². The fourth-order valence-corrected chi connectivity index (χ4v) is 3.21. The van der Waals surface area contributed by atoms with Crippen LogP contribution >= 0.6 is 0 Å². The van der Waals surface area contributed by atoms with Gasteiger partial charge in [-0.2, -0.15) is 0 Å². The molecule has 0 aliphatic rings. The van der Waals surface area contributed by atoms with Crippen LogP contribution in [-0.2, 0) is 11.2 Å². The summed E-state index contributed by atoms with van der Waals surface area (Å²) in [6.45, 7) is 0. The third-order valence-corrected chi connectivity index (χ3v) is 4.50. The first-order chi connectivity index (χ1) is 13.5. The Morgan fingerprint density at radius 2 is 2.07 bits per heavy atom. The van der Waals surface area contributed by atoms with Crippen molar-refractivity contribution in [3.63, 3.8) is 0 Å². The number of fused-ring (bicyclic) bond motifs is 1. The molecule has 0 atom stereocenters. The highest BCUT2D eigenvalue weighted by molar-refractivity contribution is 5.84. The van der Waals surface area contributed by atoms with Crippen LogP contribution in [-0.4, -0.2) is 27.6 Å². The highest BCUT2D eigenvalue weighted by atomic mass is 16.5. The van der Waals surface area contributed by atoms with Gasteiger partial charge in [0, 0.05) is 29.0 Å². The Labute approximate surface area is 160 Å². The van der Waals surface area contributed by atoms with E-state index in [2.05, 4.69) is 9.97 Å². The molecule has 0 aliphatic carbocycles. The molecular weight excluding hydrogens is 356 g/mol. The number of primary amides is 1. The fraction of sp³-hybridized carbons (Fsp3) is 0.0952. The number of H-pyrrole nitrogens is 1. The monoisotopic (exact) mass is 374 g/mol. The van der Waals surface area contributed by atoms with Gasteiger partial charge in [-0.25, -0.2) is 4.98 Å². The average Bonchev–Trinajstić information content (AvgIpc) is 3.16. The highest BCUT2D eigenvalue weighted by Crippen LogP contribution is 2.24. The lowest BCUT2D eigenvalue weighted by atomic mass is 10.1. The van der Waals surface area contributed by atoms with Gasteiger partial charge in [0.05, 0.1) is 19.1 Å². The number of rotatable bonds is 5. The second-order valence-electron chi connectivity index (χ2n) is 6.40. The number of ether oxygens (including phenoxy) is 1. The molecule has 2 heterocycles. The minimum absolute atomic E-state index is 0.147. The zero-order chi connectivity index (χ0) is 19.7. The van der Waals surface area contributed by atoms with Gasteiger partial charge in [-0.3, -0.25) is 14.2 Å². The third-order valence-electron chi connectivity index (χ3n) is 4.50. The lowest BCUT2D eigenvalue weighted by Crippen LogP contribution is -2.14. The summed E-state index contributed by atoms with van der Waals surface area (Å²) in [6, 6.07) is 14.7. The number of hydrogen-bond acceptors (Lipinski definition) is 4. The molecule has 0 unspecified atom stereocenters. The summed E-state index contributed by atoms with van der Waals surface area (Å²) in [4.78, 5) is 31.2. The largest absolute Gasteiger partial charge is 0.497 e. The zero-order valence-electron chi connectivity index (χ0n) is 15.2. The zero-order valence-corrected chi connectivity index (χ0v) is 15.2. The number of methoxy groups -OCH3 is 1. The van der Waals surface area contributed by atoms with Gasteiger partial charge < -0.3 is 15.5 Å². The number of amides is 1. The fourth-order valence-electron chi connectivity index (χ4n) is 3.21. The maximum Gasteiger partial charge on any atom is 0.259 e. The van der Waals surface area contributed by atoms with Crippen molar-refractivity contribution < 1.29 is 9.53 Å². The number of hydrogen-bond donors (Lipinski definition) is 2. The Kier molecular flexibility index (Phi) is 4.41. The molecule has 2 aromatic heterocycles. The van der Waals surface area contributed by atoms with Crippen molar-refractivity contribution in [3.05, 3.63) is 76.8 Å². The van der Waals surface area contributed by atoms with Gasteiger partial charge in [-0.1, -0.05) is 12.1 Å². The second-order valence-corrected chi connectivity index (χ2v) is 6.40. The number of carbonyl (C=O) groups is 1. The number of benzene rings is 2. The van der Waals surface area contributed by atoms with Gasteiger partial charge in [-0.15, -0.1) is 0 Å². The number of pyridine rings is 1. The van der Waals surface area contributed by atoms with Crippen molar-refractivity contribution in [1.29, 1.82) is 0 Å². The number of carbonyl (C=O) groups excluding carboxylic acids is 1. The Bertz CT molecular complexity index is 1240. The van der Waals surface area contributed by atoms with Gasteiger partial charge >= 0.3 is 0 Å². The van der Waals surface area contributed by atoms with E-state index >= 15 is 0 Å². The summed E-state index contributed by atoms with van der Waals surface area (Å²) in [6.07, 6.45) is 3.55. The van der Waals surface area contributed by atoms with Gasteiger partial charge in [-0.05, 0) is 42.0 Å². The van der Waals surface area contributed by atoms with Crippen molar-refractivity contribution in [1.82, 2.24) is 14.5 Å². The molecular formula is C21H18N4O3. The van der Waals surface area contributed by atoms with E-state index in [9.17, 15) is 9.59 Å². The Balaban J connectivity index is 1.84. The summed E-state index contributed by atoms with van der Waals surface area (Å²) in [5, 5.41) is 0.839. The smallest absolute Gasteiger partial charge is 0.259 e. The third kappa shape index (κ3) is 3.25. The van der Waals surface area contributed by atoms with Crippen LogP contribution in [0.1, 0.15) is 5.56 Å². The van der Waals surface area contributed by atoms with E-state index in [1.54, 1.807) is 42.3 Å². The molecule has 0 radical (unpaired) electrons. The van der Waals surface area contributed by atoms with E-state index in [1.165, 1.54) is 0 Å². The van der Waals surface area contributed by atoms with Crippen molar-refractivity contribution >= 4 is 16.8 Å². The van der Waals surface area contributed by atoms with Crippen LogP contribution < -0.4 is 16.0 Å². The van der Waals surface area contributed by atoms with Crippen LogP contribution in [0.15, 0.2) is 65.7 Å². The Morgan fingerprint density at radius 3 is 2.86 bits per heavy atom. The lowest BCUT2D eigenvalue weighted by Gasteiger charge is -2.10. The van der Waals surface area contributed by atoms with Gasteiger partial charge in [0.15, 0.2) is 0 Å². The summed E-state index contributed by atoms with van der Waals surface area (Å²) in [5.74, 6) is 0.804. The van der Waals surface area contributed by atoms with Crippen LogP contribution in [0.4, 0.5) is 0 Å².